The summed E-state index contributed by atoms with van der Waals surface area (Å²) in [5.74, 6) is -11.7. The molecule has 11 heteroatoms. The van der Waals surface area contributed by atoms with E-state index in [1.807, 2.05) is 0 Å². The van der Waals surface area contributed by atoms with Crippen LogP contribution in [0.2, 0.25) is 0 Å². The smallest absolute Gasteiger partial charge is 0.373 e. The number of alkyl halides is 7. The van der Waals surface area contributed by atoms with E-state index >= 15 is 0 Å². The zero-order chi connectivity index (χ0) is 17.1. The van der Waals surface area contributed by atoms with E-state index < -0.39 is 38.8 Å². The van der Waals surface area contributed by atoms with Crippen LogP contribution in [0, 0.1) is 0 Å². The highest BCUT2D eigenvalue weighted by Gasteiger charge is 2.85. The topological polar surface area (TPSA) is 27.7 Å². The minimum absolute atomic E-state index is 0.222. The van der Waals surface area contributed by atoms with Gasteiger partial charge in [-0.3, -0.25) is 0 Å². The average molecular weight is 346 g/mol. The van der Waals surface area contributed by atoms with Crippen molar-refractivity contribution in [2.24, 2.45) is 0 Å². The third-order valence-electron chi connectivity index (χ3n) is 2.94. The van der Waals surface area contributed by atoms with Gasteiger partial charge in [0.15, 0.2) is 6.17 Å². The SMILES string of the molecule is CCCC(F)C(F)(F)C(F)(F)C(F)(F)[Si](OC)(OC)OC. The predicted molar refractivity (Wildman–Crippen MR) is 61.4 cm³/mol. The van der Waals surface area contributed by atoms with E-state index in [0.717, 1.165) is 0 Å². The highest BCUT2D eigenvalue weighted by molar-refractivity contribution is 6.63. The highest BCUT2D eigenvalue weighted by Crippen LogP contribution is 2.52. The second kappa shape index (κ2) is 6.80. The van der Waals surface area contributed by atoms with Crippen molar-refractivity contribution in [3.63, 3.8) is 0 Å². The first-order valence-corrected chi connectivity index (χ1v) is 7.57. The molecule has 0 radical (unpaired) electrons. The van der Waals surface area contributed by atoms with E-state index in [2.05, 4.69) is 13.3 Å². The van der Waals surface area contributed by atoms with Gasteiger partial charge in [-0.25, -0.2) is 4.39 Å². The van der Waals surface area contributed by atoms with Crippen LogP contribution in [0.1, 0.15) is 19.8 Å². The summed E-state index contributed by atoms with van der Waals surface area (Å²) in [5, 5.41) is 0. The first-order chi connectivity index (χ1) is 9.41. The summed E-state index contributed by atoms with van der Waals surface area (Å²) in [5.41, 5.74) is -5.53. The molecule has 3 nitrogen and oxygen atoms in total. The molecule has 0 fully saturated rings. The summed E-state index contributed by atoms with van der Waals surface area (Å²) in [6, 6.07) is 0. The number of hydrogen-bond donors (Lipinski definition) is 0. The molecule has 0 aliphatic heterocycles. The fraction of sp³-hybridized carbons (Fsp3) is 1.00. The van der Waals surface area contributed by atoms with E-state index in [1.54, 1.807) is 0 Å². The summed E-state index contributed by atoms with van der Waals surface area (Å²) in [4.78, 5) is 0. The van der Waals surface area contributed by atoms with Gasteiger partial charge in [0.05, 0.1) is 0 Å². The van der Waals surface area contributed by atoms with Crippen LogP contribution in [0.4, 0.5) is 30.7 Å². The van der Waals surface area contributed by atoms with E-state index in [-0.39, 0.29) is 6.42 Å². The van der Waals surface area contributed by atoms with Crippen LogP contribution < -0.4 is 0 Å². The molecule has 0 heterocycles. The van der Waals surface area contributed by atoms with E-state index in [0.29, 0.717) is 21.3 Å². The van der Waals surface area contributed by atoms with E-state index in [9.17, 15) is 30.7 Å². The van der Waals surface area contributed by atoms with Crippen molar-refractivity contribution < 1.29 is 44.0 Å². The molecule has 0 aliphatic rings. The Morgan fingerprint density at radius 1 is 0.905 bits per heavy atom. The first kappa shape index (κ1) is 20.6. The van der Waals surface area contributed by atoms with Crippen LogP contribution in [0.25, 0.3) is 0 Å². The van der Waals surface area contributed by atoms with Crippen LogP contribution in [-0.2, 0) is 13.3 Å². The van der Waals surface area contributed by atoms with Gasteiger partial charge in [0.2, 0.25) is 0 Å². The molecule has 128 valence electrons. The number of hydrogen-bond acceptors (Lipinski definition) is 3. The largest absolute Gasteiger partial charge is 0.581 e. The molecule has 0 bridgehead atoms. The summed E-state index contributed by atoms with van der Waals surface area (Å²) < 4.78 is 108. The minimum Gasteiger partial charge on any atom is -0.373 e. The summed E-state index contributed by atoms with van der Waals surface area (Å²) in [6.45, 7) is 1.25. The molecule has 1 unspecified atom stereocenters. The molecule has 21 heavy (non-hydrogen) atoms. The maximum Gasteiger partial charge on any atom is 0.581 e. The van der Waals surface area contributed by atoms with Crippen molar-refractivity contribution in [1.29, 1.82) is 0 Å². The van der Waals surface area contributed by atoms with E-state index in [1.165, 1.54) is 6.92 Å². The Labute approximate surface area is 118 Å². The van der Waals surface area contributed by atoms with Crippen molar-refractivity contribution in [1.82, 2.24) is 0 Å². The van der Waals surface area contributed by atoms with Crippen LogP contribution in [0.5, 0.6) is 0 Å². The molecule has 0 aliphatic carbocycles. The lowest BCUT2D eigenvalue weighted by molar-refractivity contribution is -0.314. The predicted octanol–water partition coefficient (Wildman–Crippen LogP) is 3.45. The summed E-state index contributed by atoms with van der Waals surface area (Å²) in [7, 11) is -3.82. The highest BCUT2D eigenvalue weighted by atomic mass is 28.4. The Morgan fingerprint density at radius 2 is 1.29 bits per heavy atom. The average Bonchev–Trinajstić information content (AvgIpc) is 2.40. The third-order valence-corrected chi connectivity index (χ3v) is 5.63. The van der Waals surface area contributed by atoms with Gasteiger partial charge in [0.25, 0.3) is 0 Å². The molecule has 0 aromatic rings. The second-order valence-corrected chi connectivity index (χ2v) is 7.16. The summed E-state index contributed by atoms with van der Waals surface area (Å²) in [6.07, 6.45) is -4.67. The zero-order valence-corrected chi connectivity index (χ0v) is 12.9. The number of rotatable bonds is 9. The van der Waals surface area contributed by atoms with Crippen molar-refractivity contribution in [3.05, 3.63) is 0 Å². The van der Waals surface area contributed by atoms with Gasteiger partial charge in [-0.2, -0.15) is 26.3 Å². The quantitative estimate of drug-likeness (QED) is 0.473. The van der Waals surface area contributed by atoms with Gasteiger partial charge in [0, 0.05) is 21.3 Å². The molecular weight excluding hydrogens is 329 g/mol. The van der Waals surface area contributed by atoms with Gasteiger partial charge in [-0.15, -0.1) is 0 Å². The molecule has 0 N–H and O–H groups in total. The lowest BCUT2D eigenvalue weighted by Gasteiger charge is -2.39. The van der Waals surface area contributed by atoms with Gasteiger partial charge < -0.3 is 13.3 Å². The summed E-state index contributed by atoms with van der Waals surface area (Å²) >= 11 is 0. The second-order valence-electron chi connectivity index (χ2n) is 4.20. The van der Waals surface area contributed by atoms with Crippen molar-refractivity contribution in [2.45, 2.75) is 43.3 Å². The molecule has 0 saturated carbocycles. The molecule has 1 atom stereocenters. The lowest BCUT2D eigenvalue weighted by atomic mass is 10.0. The van der Waals surface area contributed by atoms with Gasteiger partial charge >= 0.3 is 26.2 Å². The van der Waals surface area contributed by atoms with Crippen molar-refractivity contribution >= 4 is 8.80 Å². The zero-order valence-electron chi connectivity index (χ0n) is 11.9. The van der Waals surface area contributed by atoms with Crippen molar-refractivity contribution in [3.8, 4) is 0 Å². The van der Waals surface area contributed by atoms with Crippen LogP contribution in [0.3, 0.4) is 0 Å². The van der Waals surface area contributed by atoms with Crippen LogP contribution >= 0.6 is 0 Å². The maximum atomic E-state index is 13.9. The van der Waals surface area contributed by atoms with Crippen LogP contribution in [-0.4, -0.2) is 53.7 Å². The lowest BCUT2D eigenvalue weighted by Crippen LogP contribution is -2.72. The Bertz CT molecular complexity index is 328. The normalized spacial score (nSPS) is 16.1. The molecule has 0 amide bonds. The van der Waals surface area contributed by atoms with Gasteiger partial charge in [-0.05, 0) is 6.42 Å². The fourth-order valence-electron chi connectivity index (χ4n) is 1.67. The Hall–Kier alpha value is -0.393. The Kier molecular flexibility index (Phi) is 6.67. The van der Waals surface area contributed by atoms with Gasteiger partial charge in [0.1, 0.15) is 0 Å². The number of halogens is 7. The Balaban J connectivity index is 5.85. The van der Waals surface area contributed by atoms with E-state index in [4.69, 9.17) is 0 Å². The molecule has 0 saturated heterocycles. The third kappa shape index (κ3) is 3.05. The maximum absolute atomic E-state index is 13.9. The molecule has 0 aromatic heterocycles. The molecule has 0 spiro atoms. The molecular formula is C10H17F7O3Si. The fourth-order valence-corrected chi connectivity index (χ4v) is 3.49. The first-order valence-electron chi connectivity index (χ1n) is 5.84. The Morgan fingerprint density at radius 3 is 1.57 bits per heavy atom. The van der Waals surface area contributed by atoms with Crippen LogP contribution in [0.15, 0.2) is 0 Å². The minimum atomic E-state index is -6.05. The molecule has 0 rings (SSSR count). The van der Waals surface area contributed by atoms with Gasteiger partial charge in [-0.1, -0.05) is 13.3 Å². The van der Waals surface area contributed by atoms with Crippen molar-refractivity contribution in [2.75, 3.05) is 21.3 Å². The molecule has 0 aromatic carbocycles. The standard InChI is InChI=1S/C10H17F7O3Si/c1-5-6-7(11)8(12,13)9(14,15)10(16,17)21(18-2,19-3)20-4/h7H,5-6H2,1-4H3. The monoisotopic (exact) mass is 346 g/mol.